The summed E-state index contributed by atoms with van der Waals surface area (Å²) < 4.78 is 13.6. The van der Waals surface area contributed by atoms with Crippen molar-refractivity contribution in [2.24, 2.45) is 10.4 Å². The van der Waals surface area contributed by atoms with E-state index >= 15 is 0 Å². The van der Waals surface area contributed by atoms with Gasteiger partial charge in [0.2, 0.25) is 0 Å². The number of carbonyl (C=O) groups excluding carboxylic acids is 1. The van der Waals surface area contributed by atoms with Crippen molar-refractivity contribution in [3.8, 4) is 5.75 Å². The highest BCUT2D eigenvalue weighted by atomic mass is 19.1. The molecule has 2 bridgehead atoms. The number of hydrogen-bond donors (Lipinski definition) is 2. The van der Waals surface area contributed by atoms with Crippen LogP contribution >= 0.6 is 0 Å². The number of carbonyl (C=O) groups is 1. The van der Waals surface area contributed by atoms with Crippen LogP contribution in [0.1, 0.15) is 45.6 Å². The van der Waals surface area contributed by atoms with Crippen LogP contribution in [0.2, 0.25) is 0 Å². The van der Waals surface area contributed by atoms with Crippen LogP contribution in [-0.2, 0) is 11.3 Å². The minimum Gasteiger partial charge on any atom is -0.505 e. The fourth-order valence-electron chi connectivity index (χ4n) is 5.05. The van der Waals surface area contributed by atoms with Gasteiger partial charge < -0.3 is 10.4 Å². The lowest BCUT2D eigenvalue weighted by Gasteiger charge is -2.73. The maximum absolute atomic E-state index is 13.6. The highest BCUT2D eigenvalue weighted by Crippen LogP contribution is 2.70. The van der Waals surface area contributed by atoms with Crippen LogP contribution in [0.3, 0.4) is 0 Å². The number of nitrogens with zero attached hydrogens (tertiary/aromatic N) is 2. The van der Waals surface area contributed by atoms with Crippen LogP contribution in [0.15, 0.2) is 23.2 Å². The number of aliphatic imine (C=N–C) groups is 1. The summed E-state index contributed by atoms with van der Waals surface area (Å²) in [7, 11) is 2.07. The van der Waals surface area contributed by atoms with E-state index in [0.717, 1.165) is 30.7 Å². The van der Waals surface area contributed by atoms with Gasteiger partial charge in [0, 0.05) is 17.5 Å². The topological polar surface area (TPSA) is 64.9 Å². The standard InChI is InChI=1S/C20H26FN3O2/c1-12(25)16-18(2,3)23-17(22-16)19-9-20(10-19,11-19)24(4)8-13-5-6-15(26)14(21)7-13/h5-7,16,26H,8-11H2,1-4H3,(H,22,23)/t16-,19?,20?/m0/s1. The Balaban J connectivity index is 1.43. The van der Waals surface area contributed by atoms with E-state index in [0.29, 0.717) is 6.54 Å². The van der Waals surface area contributed by atoms with Crippen LogP contribution < -0.4 is 5.32 Å². The molecule has 0 unspecified atom stereocenters. The predicted molar refractivity (Wildman–Crippen MR) is 97.7 cm³/mol. The number of phenols is 1. The molecular weight excluding hydrogens is 333 g/mol. The first-order chi connectivity index (χ1) is 12.1. The average molecular weight is 359 g/mol. The Hall–Kier alpha value is -1.95. The quantitative estimate of drug-likeness (QED) is 0.848. The summed E-state index contributed by atoms with van der Waals surface area (Å²) >= 11 is 0. The number of rotatable bonds is 5. The van der Waals surface area contributed by atoms with Gasteiger partial charge in [0.15, 0.2) is 17.3 Å². The Kier molecular flexibility index (Phi) is 3.55. The average Bonchev–Trinajstić information content (AvgIpc) is 2.76. The van der Waals surface area contributed by atoms with Crippen molar-refractivity contribution >= 4 is 11.6 Å². The number of amidine groups is 1. The van der Waals surface area contributed by atoms with Gasteiger partial charge in [0.25, 0.3) is 0 Å². The normalized spacial score (nSPS) is 33.9. The minimum atomic E-state index is -0.577. The Labute approximate surface area is 153 Å². The van der Waals surface area contributed by atoms with Crippen LogP contribution in [0.25, 0.3) is 0 Å². The summed E-state index contributed by atoms with van der Waals surface area (Å²) in [4.78, 5) is 18.9. The van der Waals surface area contributed by atoms with E-state index < -0.39 is 5.82 Å². The molecule has 5 nitrogen and oxygen atoms in total. The van der Waals surface area contributed by atoms with Crippen molar-refractivity contribution in [2.45, 2.75) is 63.7 Å². The molecule has 1 aliphatic heterocycles. The molecule has 1 heterocycles. The van der Waals surface area contributed by atoms with E-state index in [9.17, 15) is 14.3 Å². The largest absolute Gasteiger partial charge is 0.505 e. The number of nitrogens with one attached hydrogen (secondary N) is 1. The summed E-state index contributed by atoms with van der Waals surface area (Å²) in [5, 5.41) is 12.8. The molecule has 2 N–H and O–H groups in total. The molecule has 5 rings (SSSR count). The molecule has 0 spiro atoms. The summed E-state index contributed by atoms with van der Waals surface area (Å²) in [6.07, 6.45) is 3.05. The van der Waals surface area contributed by atoms with Crippen molar-refractivity contribution in [3.05, 3.63) is 29.6 Å². The van der Waals surface area contributed by atoms with Crippen molar-refractivity contribution in [3.63, 3.8) is 0 Å². The molecule has 3 fully saturated rings. The zero-order valence-electron chi connectivity index (χ0n) is 15.8. The maximum atomic E-state index is 13.6. The predicted octanol–water partition coefficient (Wildman–Crippen LogP) is 2.62. The van der Waals surface area contributed by atoms with Gasteiger partial charge in [0.05, 0.1) is 5.54 Å². The van der Waals surface area contributed by atoms with Gasteiger partial charge in [-0.15, -0.1) is 0 Å². The van der Waals surface area contributed by atoms with E-state index in [2.05, 4.69) is 17.3 Å². The molecule has 1 aromatic rings. The number of ketones is 1. The molecule has 1 aromatic carbocycles. The molecule has 0 aromatic heterocycles. The third kappa shape index (κ3) is 2.38. The molecule has 4 aliphatic rings. The van der Waals surface area contributed by atoms with Gasteiger partial charge in [-0.25, -0.2) is 4.39 Å². The second-order valence-corrected chi connectivity index (χ2v) is 9.01. The summed E-state index contributed by atoms with van der Waals surface area (Å²) in [6.45, 7) is 6.31. The van der Waals surface area contributed by atoms with E-state index in [-0.39, 0.29) is 34.1 Å². The minimum absolute atomic E-state index is 0.0793. The Bertz CT molecular complexity index is 797. The first-order valence-electron chi connectivity index (χ1n) is 9.13. The van der Waals surface area contributed by atoms with Gasteiger partial charge in [-0.2, -0.15) is 0 Å². The fourth-order valence-corrected chi connectivity index (χ4v) is 5.05. The van der Waals surface area contributed by atoms with Crippen LogP contribution in [0.5, 0.6) is 5.75 Å². The molecule has 26 heavy (non-hydrogen) atoms. The molecule has 0 radical (unpaired) electrons. The zero-order chi connectivity index (χ0) is 18.9. The summed E-state index contributed by atoms with van der Waals surface area (Å²) in [5.41, 5.74) is 0.752. The Morgan fingerprint density at radius 3 is 2.58 bits per heavy atom. The number of Topliss-reactive ketones (excluding diaryl/α,β-unsaturated/α-hetero) is 1. The monoisotopic (exact) mass is 359 g/mol. The highest BCUT2D eigenvalue weighted by molar-refractivity contribution is 5.98. The van der Waals surface area contributed by atoms with Gasteiger partial charge in [-0.05, 0) is 64.8 Å². The zero-order valence-corrected chi connectivity index (χ0v) is 15.8. The second-order valence-electron chi connectivity index (χ2n) is 9.01. The van der Waals surface area contributed by atoms with Crippen LogP contribution in [0, 0.1) is 11.2 Å². The van der Waals surface area contributed by atoms with Gasteiger partial charge in [0.1, 0.15) is 11.9 Å². The third-order valence-corrected chi connectivity index (χ3v) is 6.51. The third-order valence-electron chi connectivity index (χ3n) is 6.51. The highest BCUT2D eigenvalue weighted by Gasteiger charge is 2.72. The number of halogens is 1. The summed E-state index contributed by atoms with van der Waals surface area (Å²) in [6, 6.07) is 4.26. The van der Waals surface area contributed by atoms with Crippen molar-refractivity contribution in [2.75, 3.05) is 7.05 Å². The van der Waals surface area contributed by atoms with Gasteiger partial charge in [-0.1, -0.05) is 6.07 Å². The molecule has 0 amide bonds. The molecule has 140 valence electrons. The molecule has 3 saturated carbocycles. The second kappa shape index (κ2) is 5.28. The lowest BCUT2D eigenvalue weighted by Crippen LogP contribution is -2.77. The van der Waals surface area contributed by atoms with Gasteiger partial charge in [-0.3, -0.25) is 14.7 Å². The van der Waals surface area contributed by atoms with Crippen molar-refractivity contribution < 1.29 is 14.3 Å². The fraction of sp³-hybridized carbons (Fsp3) is 0.600. The molecule has 1 atom stereocenters. The number of aromatic hydroxyl groups is 1. The Morgan fingerprint density at radius 1 is 1.38 bits per heavy atom. The Morgan fingerprint density at radius 2 is 2.04 bits per heavy atom. The molecule has 6 heteroatoms. The van der Waals surface area contributed by atoms with E-state index in [1.807, 2.05) is 13.8 Å². The number of phenolic OH excluding ortho intramolecular Hbond substituents is 1. The van der Waals surface area contributed by atoms with Crippen molar-refractivity contribution in [1.82, 2.24) is 10.2 Å². The van der Waals surface area contributed by atoms with Gasteiger partial charge >= 0.3 is 0 Å². The van der Waals surface area contributed by atoms with Crippen LogP contribution in [0.4, 0.5) is 4.39 Å². The van der Waals surface area contributed by atoms with E-state index in [1.165, 1.54) is 12.1 Å². The van der Waals surface area contributed by atoms with Crippen LogP contribution in [-0.4, -0.2) is 45.8 Å². The summed E-state index contributed by atoms with van der Waals surface area (Å²) in [5.74, 6) is 0.208. The van der Waals surface area contributed by atoms with Crippen molar-refractivity contribution in [1.29, 1.82) is 0 Å². The lowest BCUT2D eigenvalue weighted by molar-refractivity contribution is -0.175. The van der Waals surface area contributed by atoms with E-state index in [1.54, 1.807) is 13.0 Å². The first kappa shape index (κ1) is 17.5. The molecule has 3 aliphatic carbocycles. The van der Waals surface area contributed by atoms with E-state index in [4.69, 9.17) is 4.99 Å². The first-order valence-corrected chi connectivity index (χ1v) is 9.13. The molecule has 0 saturated heterocycles. The molecular formula is C20H26FN3O2. The lowest BCUT2D eigenvalue weighted by atomic mass is 9.38. The number of benzene rings is 1. The number of hydrogen-bond acceptors (Lipinski definition) is 5. The smallest absolute Gasteiger partial charge is 0.165 e. The maximum Gasteiger partial charge on any atom is 0.165 e. The SMILES string of the molecule is CC(=O)[C@@H]1N=C(C23CC(N(C)Cc4ccc(O)c(F)c4)(C2)C3)NC1(C)C.